The number of nitrogens with one attached hydrogen (secondary N) is 2. The third-order valence-electron chi connectivity index (χ3n) is 5.14. The Balaban J connectivity index is 1.41. The standard InChI is InChI=1S/C24H24N6O2/c1-15-5-7-19(8-6-15)27-24(31)28-20-9-11-21(12-10-20)32-23-13-22(25-14-26-23)30-18(4)16(2)17(3)29-30/h5-14H,1-4H3,(H2,27,28,31). The zero-order valence-corrected chi connectivity index (χ0v) is 18.4. The lowest BCUT2D eigenvalue weighted by atomic mass is 10.2. The number of rotatable bonds is 5. The molecule has 4 aromatic rings. The SMILES string of the molecule is Cc1ccc(NC(=O)Nc2ccc(Oc3cc(-n4nc(C)c(C)c4C)ncn3)cc2)cc1. The van der Waals surface area contributed by atoms with Gasteiger partial charge in [0.15, 0.2) is 5.82 Å². The molecular weight excluding hydrogens is 404 g/mol. The largest absolute Gasteiger partial charge is 0.439 e. The number of hydrogen-bond donors (Lipinski definition) is 2. The van der Waals surface area contributed by atoms with Crippen molar-refractivity contribution in [1.82, 2.24) is 19.7 Å². The van der Waals surface area contributed by atoms with E-state index in [0.29, 0.717) is 23.1 Å². The van der Waals surface area contributed by atoms with Crippen LogP contribution in [-0.2, 0) is 0 Å². The summed E-state index contributed by atoms with van der Waals surface area (Å²) in [6.45, 7) is 7.99. The number of amides is 2. The average molecular weight is 428 g/mol. The predicted octanol–water partition coefficient (Wildman–Crippen LogP) is 5.33. The van der Waals surface area contributed by atoms with Crippen LogP contribution in [0.5, 0.6) is 11.6 Å². The number of nitrogens with zero attached hydrogens (tertiary/aromatic N) is 4. The number of aryl methyl sites for hydroxylation is 2. The Hall–Kier alpha value is -4.20. The summed E-state index contributed by atoms with van der Waals surface area (Å²) in [6.07, 6.45) is 1.45. The molecule has 2 aromatic heterocycles. The maximum atomic E-state index is 12.2. The Labute approximate surface area is 186 Å². The minimum Gasteiger partial charge on any atom is -0.439 e. The van der Waals surface area contributed by atoms with Gasteiger partial charge in [-0.25, -0.2) is 19.4 Å². The lowest BCUT2D eigenvalue weighted by Crippen LogP contribution is -2.19. The summed E-state index contributed by atoms with van der Waals surface area (Å²) in [5, 5.41) is 10.1. The molecule has 2 aromatic carbocycles. The van der Waals surface area contributed by atoms with Crippen LogP contribution in [0.25, 0.3) is 5.82 Å². The van der Waals surface area contributed by atoms with Crippen molar-refractivity contribution in [2.24, 2.45) is 0 Å². The van der Waals surface area contributed by atoms with Gasteiger partial charge in [-0.1, -0.05) is 17.7 Å². The molecule has 0 aliphatic heterocycles. The van der Waals surface area contributed by atoms with Gasteiger partial charge in [-0.15, -0.1) is 0 Å². The lowest BCUT2D eigenvalue weighted by Gasteiger charge is -2.10. The molecule has 0 fully saturated rings. The first-order valence-electron chi connectivity index (χ1n) is 10.2. The van der Waals surface area contributed by atoms with E-state index < -0.39 is 0 Å². The van der Waals surface area contributed by atoms with Gasteiger partial charge >= 0.3 is 6.03 Å². The number of ether oxygens (including phenoxy) is 1. The molecule has 0 bridgehead atoms. The first-order chi connectivity index (χ1) is 15.4. The molecule has 0 aliphatic rings. The maximum absolute atomic E-state index is 12.2. The summed E-state index contributed by atoms with van der Waals surface area (Å²) in [6, 6.07) is 16.1. The second kappa shape index (κ2) is 8.89. The van der Waals surface area contributed by atoms with Crippen LogP contribution in [0.15, 0.2) is 60.9 Å². The Bertz CT molecular complexity index is 1250. The van der Waals surface area contributed by atoms with Gasteiger partial charge in [0, 0.05) is 23.1 Å². The van der Waals surface area contributed by atoms with Gasteiger partial charge < -0.3 is 15.4 Å². The van der Waals surface area contributed by atoms with E-state index >= 15 is 0 Å². The fourth-order valence-corrected chi connectivity index (χ4v) is 3.10. The second-order valence-electron chi connectivity index (χ2n) is 7.49. The third-order valence-corrected chi connectivity index (χ3v) is 5.14. The number of urea groups is 1. The highest BCUT2D eigenvalue weighted by atomic mass is 16.5. The van der Waals surface area contributed by atoms with Crippen LogP contribution in [0.3, 0.4) is 0 Å². The minimum atomic E-state index is -0.317. The number of benzene rings is 2. The summed E-state index contributed by atoms with van der Waals surface area (Å²) >= 11 is 0. The fourth-order valence-electron chi connectivity index (χ4n) is 3.10. The molecule has 2 N–H and O–H groups in total. The molecule has 0 saturated carbocycles. The van der Waals surface area contributed by atoms with E-state index in [9.17, 15) is 4.79 Å². The zero-order chi connectivity index (χ0) is 22.7. The van der Waals surface area contributed by atoms with Gasteiger partial charge in [0.05, 0.1) is 5.69 Å². The molecule has 162 valence electrons. The molecular formula is C24H24N6O2. The van der Waals surface area contributed by atoms with Crippen molar-refractivity contribution in [2.45, 2.75) is 27.7 Å². The van der Waals surface area contributed by atoms with Crippen LogP contribution < -0.4 is 15.4 Å². The Kier molecular flexibility index (Phi) is 5.85. The third kappa shape index (κ3) is 4.75. The monoisotopic (exact) mass is 428 g/mol. The van der Waals surface area contributed by atoms with E-state index in [-0.39, 0.29) is 6.03 Å². The van der Waals surface area contributed by atoms with E-state index in [1.807, 2.05) is 52.0 Å². The summed E-state index contributed by atoms with van der Waals surface area (Å²) in [5.41, 5.74) is 5.60. The molecule has 2 heterocycles. The molecule has 32 heavy (non-hydrogen) atoms. The van der Waals surface area contributed by atoms with Crippen molar-refractivity contribution in [2.75, 3.05) is 10.6 Å². The van der Waals surface area contributed by atoms with E-state index in [2.05, 4.69) is 25.7 Å². The molecule has 0 unspecified atom stereocenters. The Morgan fingerprint density at radius 1 is 0.875 bits per heavy atom. The topological polar surface area (TPSA) is 94.0 Å². The van der Waals surface area contributed by atoms with Crippen LogP contribution in [0.4, 0.5) is 16.2 Å². The van der Waals surface area contributed by atoms with Crippen molar-refractivity contribution < 1.29 is 9.53 Å². The normalized spacial score (nSPS) is 10.6. The highest BCUT2D eigenvalue weighted by molar-refractivity contribution is 5.99. The van der Waals surface area contributed by atoms with E-state index in [1.165, 1.54) is 6.33 Å². The second-order valence-corrected chi connectivity index (χ2v) is 7.49. The van der Waals surface area contributed by atoms with Crippen LogP contribution in [-0.4, -0.2) is 25.8 Å². The van der Waals surface area contributed by atoms with E-state index in [1.54, 1.807) is 35.0 Å². The zero-order valence-electron chi connectivity index (χ0n) is 18.4. The van der Waals surface area contributed by atoms with Crippen LogP contribution >= 0.6 is 0 Å². The quantitative estimate of drug-likeness (QED) is 0.448. The Morgan fingerprint density at radius 2 is 1.50 bits per heavy atom. The average Bonchev–Trinajstić information content (AvgIpc) is 3.04. The Morgan fingerprint density at radius 3 is 2.09 bits per heavy atom. The molecule has 8 heteroatoms. The summed E-state index contributed by atoms with van der Waals surface area (Å²) in [5.74, 6) is 1.62. The number of carbonyl (C=O) groups is 1. The van der Waals surface area contributed by atoms with Gasteiger partial charge in [-0.2, -0.15) is 5.10 Å². The smallest absolute Gasteiger partial charge is 0.323 e. The highest BCUT2D eigenvalue weighted by Crippen LogP contribution is 2.23. The van der Waals surface area contributed by atoms with Crippen molar-refractivity contribution >= 4 is 17.4 Å². The lowest BCUT2D eigenvalue weighted by molar-refractivity contribution is 0.262. The molecule has 4 rings (SSSR count). The number of carbonyl (C=O) groups excluding carboxylic acids is 1. The van der Waals surface area contributed by atoms with Gasteiger partial charge in [0.1, 0.15) is 12.1 Å². The van der Waals surface area contributed by atoms with Crippen molar-refractivity contribution in [1.29, 1.82) is 0 Å². The van der Waals surface area contributed by atoms with Crippen LogP contribution in [0, 0.1) is 27.7 Å². The first kappa shape index (κ1) is 21.0. The van der Waals surface area contributed by atoms with Crippen molar-refractivity contribution in [3.05, 3.63) is 83.4 Å². The first-order valence-corrected chi connectivity index (χ1v) is 10.2. The van der Waals surface area contributed by atoms with Crippen molar-refractivity contribution in [3.8, 4) is 17.4 Å². The molecule has 0 radical (unpaired) electrons. The van der Waals surface area contributed by atoms with Gasteiger partial charge in [0.25, 0.3) is 0 Å². The minimum absolute atomic E-state index is 0.317. The number of anilines is 2. The molecule has 2 amide bonds. The van der Waals surface area contributed by atoms with Crippen LogP contribution in [0.2, 0.25) is 0 Å². The summed E-state index contributed by atoms with van der Waals surface area (Å²) in [7, 11) is 0. The maximum Gasteiger partial charge on any atom is 0.323 e. The molecule has 0 aliphatic carbocycles. The number of hydrogen-bond acceptors (Lipinski definition) is 5. The molecule has 8 nitrogen and oxygen atoms in total. The summed E-state index contributed by atoms with van der Waals surface area (Å²) in [4.78, 5) is 20.7. The highest BCUT2D eigenvalue weighted by Gasteiger charge is 2.11. The van der Waals surface area contributed by atoms with E-state index in [0.717, 1.165) is 28.2 Å². The van der Waals surface area contributed by atoms with Crippen molar-refractivity contribution in [3.63, 3.8) is 0 Å². The predicted molar refractivity (Wildman–Crippen MR) is 124 cm³/mol. The molecule has 0 spiro atoms. The molecule has 0 atom stereocenters. The molecule has 0 saturated heterocycles. The van der Waals surface area contributed by atoms with Gasteiger partial charge in [0.2, 0.25) is 5.88 Å². The van der Waals surface area contributed by atoms with Gasteiger partial charge in [-0.3, -0.25) is 0 Å². The summed E-state index contributed by atoms with van der Waals surface area (Å²) < 4.78 is 7.64. The fraction of sp³-hybridized carbons (Fsp3) is 0.167. The van der Waals surface area contributed by atoms with Crippen LogP contribution in [0.1, 0.15) is 22.5 Å². The van der Waals surface area contributed by atoms with Gasteiger partial charge in [-0.05, 0) is 69.7 Å². The number of aromatic nitrogens is 4. The van der Waals surface area contributed by atoms with E-state index in [4.69, 9.17) is 4.74 Å².